The molecule has 1 fully saturated rings. The molecule has 0 aliphatic heterocycles. The summed E-state index contributed by atoms with van der Waals surface area (Å²) in [5.41, 5.74) is 3.91. The van der Waals surface area contributed by atoms with E-state index >= 15 is 0 Å². The van der Waals surface area contributed by atoms with Gasteiger partial charge in [-0.3, -0.25) is 0 Å². The quantitative estimate of drug-likeness (QED) is 0.857. The lowest BCUT2D eigenvalue weighted by Gasteiger charge is -2.00. The van der Waals surface area contributed by atoms with Gasteiger partial charge in [-0.1, -0.05) is 0 Å². The van der Waals surface area contributed by atoms with Gasteiger partial charge in [0, 0.05) is 10.9 Å². The number of hydrogen-bond acceptors (Lipinski definition) is 2. The molecule has 3 heteroatoms. The second-order valence-corrected chi connectivity index (χ2v) is 4.86. The van der Waals surface area contributed by atoms with E-state index in [9.17, 15) is 9.90 Å². The van der Waals surface area contributed by atoms with Gasteiger partial charge in [-0.05, 0) is 55.9 Å². The lowest BCUT2D eigenvalue weighted by Crippen LogP contribution is -1.97. The predicted octanol–water partition coefficient (Wildman–Crippen LogP) is 3.63. The van der Waals surface area contributed by atoms with E-state index in [2.05, 4.69) is 0 Å². The molecule has 1 aromatic carbocycles. The molecule has 1 aliphatic carbocycles. The van der Waals surface area contributed by atoms with Crippen LogP contribution in [0.1, 0.15) is 46.0 Å². The van der Waals surface area contributed by atoms with E-state index in [0.717, 1.165) is 29.4 Å². The monoisotopic (exact) mass is 230 g/mol. The SMILES string of the molecule is Cc1cc2oc(C(=O)O)c(C3CC3)c2cc1C. The Bertz CT molecular complexity index is 618. The molecule has 2 aromatic rings. The van der Waals surface area contributed by atoms with Gasteiger partial charge in [0.1, 0.15) is 5.58 Å². The number of benzene rings is 1. The van der Waals surface area contributed by atoms with E-state index in [0.29, 0.717) is 11.5 Å². The number of carboxylic acid groups (broad SMARTS) is 1. The van der Waals surface area contributed by atoms with Crippen LogP contribution in [0.2, 0.25) is 0 Å². The number of rotatable bonds is 2. The third-order valence-corrected chi connectivity index (χ3v) is 3.52. The number of fused-ring (bicyclic) bond motifs is 1. The normalized spacial score (nSPS) is 15.4. The van der Waals surface area contributed by atoms with E-state index in [-0.39, 0.29) is 5.76 Å². The van der Waals surface area contributed by atoms with Crippen LogP contribution >= 0.6 is 0 Å². The molecule has 1 heterocycles. The number of carbonyl (C=O) groups is 1. The Labute approximate surface area is 99.0 Å². The molecule has 0 atom stereocenters. The minimum Gasteiger partial charge on any atom is -0.475 e. The molecule has 1 aliphatic rings. The molecule has 0 spiro atoms. The first kappa shape index (κ1) is 10.4. The highest BCUT2D eigenvalue weighted by Crippen LogP contribution is 2.46. The molecule has 88 valence electrons. The first-order chi connectivity index (χ1) is 8.08. The standard InChI is InChI=1S/C14H14O3/c1-7-5-10-11(6-8(7)2)17-13(14(15)16)12(10)9-3-4-9/h5-6,9H,3-4H2,1-2H3,(H,15,16). The van der Waals surface area contributed by atoms with Crippen LogP contribution in [-0.4, -0.2) is 11.1 Å². The van der Waals surface area contributed by atoms with Gasteiger partial charge in [-0.2, -0.15) is 0 Å². The number of aromatic carboxylic acids is 1. The van der Waals surface area contributed by atoms with Gasteiger partial charge in [0.25, 0.3) is 0 Å². The second kappa shape index (κ2) is 3.36. The van der Waals surface area contributed by atoms with Crippen molar-refractivity contribution in [1.82, 2.24) is 0 Å². The summed E-state index contributed by atoms with van der Waals surface area (Å²) in [6.07, 6.45) is 2.14. The summed E-state index contributed by atoms with van der Waals surface area (Å²) in [4.78, 5) is 11.2. The Kier molecular flexibility index (Phi) is 2.05. The van der Waals surface area contributed by atoms with Gasteiger partial charge < -0.3 is 9.52 Å². The second-order valence-electron chi connectivity index (χ2n) is 4.86. The largest absolute Gasteiger partial charge is 0.475 e. The van der Waals surface area contributed by atoms with Crippen LogP contribution < -0.4 is 0 Å². The summed E-state index contributed by atoms with van der Waals surface area (Å²) in [7, 11) is 0. The van der Waals surface area contributed by atoms with Gasteiger partial charge >= 0.3 is 5.97 Å². The van der Waals surface area contributed by atoms with Crippen LogP contribution in [-0.2, 0) is 0 Å². The third kappa shape index (κ3) is 1.54. The van der Waals surface area contributed by atoms with E-state index in [1.54, 1.807) is 0 Å². The van der Waals surface area contributed by atoms with Crippen LogP contribution in [0.25, 0.3) is 11.0 Å². The van der Waals surface area contributed by atoms with Crippen LogP contribution in [0.15, 0.2) is 16.5 Å². The minimum atomic E-state index is -0.960. The number of furan rings is 1. The topological polar surface area (TPSA) is 50.4 Å². The molecule has 1 aromatic heterocycles. The fraction of sp³-hybridized carbons (Fsp3) is 0.357. The van der Waals surface area contributed by atoms with Gasteiger partial charge in [0.15, 0.2) is 0 Å². The molecule has 0 unspecified atom stereocenters. The minimum absolute atomic E-state index is 0.132. The molecule has 0 saturated heterocycles. The van der Waals surface area contributed by atoms with Crippen molar-refractivity contribution in [3.05, 3.63) is 34.6 Å². The summed E-state index contributed by atoms with van der Waals surface area (Å²) in [5, 5.41) is 10.2. The van der Waals surface area contributed by atoms with Crippen molar-refractivity contribution < 1.29 is 14.3 Å². The highest BCUT2D eigenvalue weighted by molar-refractivity contribution is 5.96. The molecule has 0 bridgehead atoms. The summed E-state index contributed by atoms with van der Waals surface area (Å²) < 4.78 is 5.50. The molecule has 1 saturated carbocycles. The van der Waals surface area contributed by atoms with Gasteiger partial charge in [-0.15, -0.1) is 0 Å². The summed E-state index contributed by atoms with van der Waals surface area (Å²) in [5.74, 6) is -0.449. The zero-order valence-electron chi connectivity index (χ0n) is 9.91. The van der Waals surface area contributed by atoms with Crippen molar-refractivity contribution in [2.45, 2.75) is 32.6 Å². The first-order valence-corrected chi connectivity index (χ1v) is 5.85. The lowest BCUT2D eigenvalue weighted by atomic mass is 10.0. The molecule has 3 nitrogen and oxygen atoms in total. The summed E-state index contributed by atoms with van der Waals surface area (Å²) in [6.45, 7) is 4.05. The maximum absolute atomic E-state index is 11.2. The van der Waals surface area contributed by atoms with Crippen molar-refractivity contribution in [2.75, 3.05) is 0 Å². The number of carboxylic acids is 1. The van der Waals surface area contributed by atoms with E-state index in [1.165, 1.54) is 5.56 Å². The van der Waals surface area contributed by atoms with Crippen LogP contribution in [0.3, 0.4) is 0 Å². The Hall–Kier alpha value is -1.77. The van der Waals surface area contributed by atoms with Crippen molar-refractivity contribution in [3.63, 3.8) is 0 Å². The molecule has 3 rings (SSSR count). The Balaban J connectivity index is 2.34. The maximum Gasteiger partial charge on any atom is 0.372 e. The average molecular weight is 230 g/mol. The van der Waals surface area contributed by atoms with Gasteiger partial charge in [0.2, 0.25) is 5.76 Å². The zero-order valence-corrected chi connectivity index (χ0v) is 9.91. The predicted molar refractivity (Wildman–Crippen MR) is 64.6 cm³/mol. The van der Waals surface area contributed by atoms with E-state index < -0.39 is 5.97 Å². The van der Waals surface area contributed by atoms with Gasteiger partial charge in [0.05, 0.1) is 0 Å². The van der Waals surface area contributed by atoms with Crippen molar-refractivity contribution in [1.29, 1.82) is 0 Å². The zero-order chi connectivity index (χ0) is 12.2. The van der Waals surface area contributed by atoms with Crippen LogP contribution in [0.5, 0.6) is 0 Å². The van der Waals surface area contributed by atoms with Gasteiger partial charge in [-0.25, -0.2) is 4.79 Å². The third-order valence-electron chi connectivity index (χ3n) is 3.52. The molecule has 17 heavy (non-hydrogen) atoms. The fourth-order valence-corrected chi connectivity index (χ4v) is 2.31. The molecule has 1 N–H and O–H groups in total. The van der Waals surface area contributed by atoms with Crippen molar-refractivity contribution >= 4 is 16.9 Å². The highest BCUT2D eigenvalue weighted by Gasteiger charge is 2.33. The molecule has 0 radical (unpaired) electrons. The smallest absolute Gasteiger partial charge is 0.372 e. The highest BCUT2D eigenvalue weighted by atomic mass is 16.4. The average Bonchev–Trinajstić information content (AvgIpc) is 3.02. The fourth-order valence-electron chi connectivity index (χ4n) is 2.31. The van der Waals surface area contributed by atoms with Crippen LogP contribution in [0.4, 0.5) is 0 Å². The van der Waals surface area contributed by atoms with E-state index in [1.807, 2.05) is 26.0 Å². The Morgan fingerprint density at radius 2 is 1.94 bits per heavy atom. The van der Waals surface area contributed by atoms with Crippen molar-refractivity contribution in [3.8, 4) is 0 Å². The summed E-state index contributed by atoms with van der Waals surface area (Å²) >= 11 is 0. The Morgan fingerprint density at radius 1 is 1.29 bits per heavy atom. The molecular formula is C14H14O3. The van der Waals surface area contributed by atoms with Crippen LogP contribution in [0, 0.1) is 13.8 Å². The van der Waals surface area contributed by atoms with E-state index in [4.69, 9.17) is 4.42 Å². The first-order valence-electron chi connectivity index (χ1n) is 5.85. The number of hydrogen-bond donors (Lipinski definition) is 1. The Morgan fingerprint density at radius 3 is 2.53 bits per heavy atom. The maximum atomic E-state index is 11.2. The molecule has 0 amide bonds. The molecular weight excluding hydrogens is 216 g/mol. The lowest BCUT2D eigenvalue weighted by molar-refractivity contribution is 0.0663. The summed E-state index contributed by atoms with van der Waals surface area (Å²) in [6, 6.07) is 3.98. The number of aryl methyl sites for hydroxylation is 2. The van der Waals surface area contributed by atoms with Crippen molar-refractivity contribution in [2.24, 2.45) is 0 Å².